The third-order valence-electron chi connectivity index (χ3n) is 2.75. The van der Waals surface area contributed by atoms with E-state index in [1.807, 2.05) is 6.07 Å². The topological polar surface area (TPSA) is 50.9 Å². The van der Waals surface area contributed by atoms with E-state index in [4.69, 9.17) is 5.84 Å². The zero-order valence-corrected chi connectivity index (χ0v) is 10.9. The quantitative estimate of drug-likeness (QED) is 0.656. The molecule has 0 bridgehead atoms. The van der Waals surface area contributed by atoms with Gasteiger partial charge in [-0.3, -0.25) is 0 Å². The molecule has 1 heterocycles. The molecular formula is C12H14BrN3. The van der Waals surface area contributed by atoms with Gasteiger partial charge in [0, 0.05) is 9.86 Å². The van der Waals surface area contributed by atoms with Gasteiger partial charge in [0.15, 0.2) is 0 Å². The molecule has 1 aromatic heterocycles. The molecule has 0 saturated carbocycles. The number of nitrogens with one attached hydrogen (secondary N) is 1. The van der Waals surface area contributed by atoms with Crippen molar-refractivity contribution in [1.82, 2.24) is 4.98 Å². The molecule has 0 aliphatic rings. The number of aryl methyl sites for hydroxylation is 2. The molecule has 16 heavy (non-hydrogen) atoms. The SMILES string of the molecule is CCc1cc2c(C)ccc(Br)c2nc1NN. The van der Waals surface area contributed by atoms with Crippen LogP contribution in [0.3, 0.4) is 0 Å². The molecule has 0 aliphatic heterocycles. The average Bonchev–Trinajstić information content (AvgIpc) is 2.32. The van der Waals surface area contributed by atoms with Crippen LogP contribution in [0.15, 0.2) is 22.7 Å². The van der Waals surface area contributed by atoms with E-state index in [0.717, 1.165) is 27.8 Å². The van der Waals surface area contributed by atoms with Crippen molar-refractivity contribution in [3.05, 3.63) is 33.8 Å². The average molecular weight is 280 g/mol. The third kappa shape index (κ3) is 1.79. The highest BCUT2D eigenvalue weighted by Gasteiger charge is 2.08. The van der Waals surface area contributed by atoms with Crippen LogP contribution < -0.4 is 11.3 Å². The second-order valence-corrected chi connectivity index (χ2v) is 4.61. The molecule has 84 valence electrons. The van der Waals surface area contributed by atoms with E-state index in [9.17, 15) is 0 Å². The smallest absolute Gasteiger partial charge is 0.143 e. The number of nitrogens with zero attached hydrogens (tertiary/aromatic N) is 1. The number of benzene rings is 1. The van der Waals surface area contributed by atoms with E-state index < -0.39 is 0 Å². The Hall–Kier alpha value is -1.13. The summed E-state index contributed by atoms with van der Waals surface area (Å²) in [5.41, 5.74) is 5.96. The fraction of sp³-hybridized carbons (Fsp3) is 0.250. The summed E-state index contributed by atoms with van der Waals surface area (Å²) in [6, 6.07) is 6.25. The molecule has 1 aromatic carbocycles. The number of pyridine rings is 1. The second kappa shape index (κ2) is 4.39. The molecule has 0 atom stereocenters. The number of fused-ring (bicyclic) bond motifs is 1. The summed E-state index contributed by atoms with van der Waals surface area (Å²) in [5.74, 6) is 6.23. The van der Waals surface area contributed by atoms with Gasteiger partial charge in [-0.2, -0.15) is 0 Å². The molecule has 0 radical (unpaired) electrons. The van der Waals surface area contributed by atoms with Crippen LogP contribution in [-0.2, 0) is 6.42 Å². The molecule has 0 unspecified atom stereocenters. The number of halogens is 1. The van der Waals surface area contributed by atoms with Crippen LogP contribution >= 0.6 is 15.9 Å². The summed E-state index contributed by atoms with van der Waals surface area (Å²) < 4.78 is 0.993. The maximum Gasteiger partial charge on any atom is 0.143 e. The van der Waals surface area contributed by atoms with Crippen LogP contribution in [0.1, 0.15) is 18.1 Å². The van der Waals surface area contributed by atoms with E-state index in [2.05, 4.69) is 52.3 Å². The lowest BCUT2D eigenvalue weighted by molar-refractivity contribution is 1.10. The van der Waals surface area contributed by atoms with Crippen molar-refractivity contribution >= 4 is 32.7 Å². The van der Waals surface area contributed by atoms with Gasteiger partial charge in [-0.15, -0.1) is 0 Å². The largest absolute Gasteiger partial charge is 0.308 e. The number of hydrogen-bond acceptors (Lipinski definition) is 3. The first-order chi connectivity index (χ1) is 7.67. The van der Waals surface area contributed by atoms with E-state index >= 15 is 0 Å². The highest BCUT2D eigenvalue weighted by atomic mass is 79.9. The van der Waals surface area contributed by atoms with Gasteiger partial charge in [-0.05, 0) is 52.5 Å². The van der Waals surface area contributed by atoms with Gasteiger partial charge in [0.2, 0.25) is 0 Å². The lowest BCUT2D eigenvalue weighted by Crippen LogP contribution is -2.11. The minimum atomic E-state index is 0.751. The normalized spacial score (nSPS) is 10.8. The highest BCUT2D eigenvalue weighted by Crippen LogP contribution is 2.28. The predicted octanol–water partition coefficient (Wildman–Crippen LogP) is 3.15. The molecule has 0 aliphatic carbocycles. The number of rotatable bonds is 2. The molecule has 0 amide bonds. The maximum atomic E-state index is 5.48. The number of nitrogens with two attached hydrogens (primary N) is 1. The zero-order chi connectivity index (χ0) is 11.7. The molecule has 2 aromatic rings. The summed E-state index contributed by atoms with van der Waals surface area (Å²) >= 11 is 3.51. The minimum absolute atomic E-state index is 0.751. The summed E-state index contributed by atoms with van der Waals surface area (Å²) in [7, 11) is 0. The summed E-state index contributed by atoms with van der Waals surface area (Å²) in [6.45, 7) is 4.18. The molecule has 0 spiro atoms. The number of anilines is 1. The van der Waals surface area contributed by atoms with Crippen molar-refractivity contribution in [2.75, 3.05) is 5.43 Å². The minimum Gasteiger partial charge on any atom is -0.308 e. The van der Waals surface area contributed by atoms with E-state index in [1.54, 1.807) is 0 Å². The van der Waals surface area contributed by atoms with Gasteiger partial charge >= 0.3 is 0 Å². The van der Waals surface area contributed by atoms with Crippen LogP contribution in [0.2, 0.25) is 0 Å². The van der Waals surface area contributed by atoms with Crippen LogP contribution in [-0.4, -0.2) is 4.98 Å². The van der Waals surface area contributed by atoms with E-state index in [-0.39, 0.29) is 0 Å². The lowest BCUT2D eigenvalue weighted by Gasteiger charge is -2.10. The Kier molecular flexibility index (Phi) is 3.12. The standard InChI is InChI=1S/C12H14BrN3/c1-3-8-6-9-7(2)4-5-10(13)11(9)15-12(8)16-14/h4-6H,3,14H2,1-2H3,(H,15,16). The first-order valence-electron chi connectivity index (χ1n) is 5.22. The summed E-state index contributed by atoms with van der Waals surface area (Å²) in [5, 5.41) is 1.17. The first kappa shape index (κ1) is 11.4. The molecule has 0 fully saturated rings. The molecule has 4 heteroatoms. The molecule has 3 nitrogen and oxygen atoms in total. The van der Waals surface area contributed by atoms with Crippen molar-refractivity contribution < 1.29 is 0 Å². The van der Waals surface area contributed by atoms with Crippen LogP contribution in [0.25, 0.3) is 10.9 Å². The number of nitrogen functional groups attached to an aromatic ring is 1. The fourth-order valence-electron chi connectivity index (χ4n) is 1.80. The Morgan fingerprint density at radius 3 is 2.81 bits per heavy atom. The van der Waals surface area contributed by atoms with Gasteiger partial charge in [0.1, 0.15) is 5.82 Å². The predicted molar refractivity (Wildman–Crippen MR) is 71.4 cm³/mol. The van der Waals surface area contributed by atoms with Gasteiger partial charge in [0.05, 0.1) is 5.52 Å². The molecular weight excluding hydrogens is 266 g/mol. The van der Waals surface area contributed by atoms with E-state index in [0.29, 0.717) is 0 Å². The Morgan fingerprint density at radius 2 is 2.19 bits per heavy atom. The zero-order valence-electron chi connectivity index (χ0n) is 9.34. The Balaban J connectivity index is 2.82. The summed E-state index contributed by atoms with van der Waals surface area (Å²) in [4.78, 5) is 4.54. The highest BCUT2D eigenvalue weighted by molar-refractivity contribution is 9.10. The molecule has 2 rings (SSSR count). The van der Waals surface area contributed by atoms with Gasteiger partial charge < -0.3 is 5.43 Å². The maximum absolute atomic E-state index is 5.48. The fourth-order valence-corrected chi connectivity index (χ4v) is 2.23. The van der Waals surface area contributed by atoms with Crippen LogP contribution in [0, 0.1) is 6.92 Å². The monoisotopic (exact) mass is 279 g/mol. The Bertz CT molecular complexity index is 489. The lowest BCUT2D eigenvalue weighted by atomic mass is 10.1. The van der Waals surface area contributed by atoms with Crippen molar-refractivity contribution in [3.8, 4) is 0 Å². The van der Waals surface area contributed by atoms with Crippen molar-refractivity contribution in [2.45, 2.75) is 20.3 Å². The van der Waals surface area contributed by atoms with Gasteiger partial charge in [0.25, 0.3) is 0 Å². The number of aromatic nitrogens is 1. The van der Waals surface area contributed by atoms with Gasteiger partial charge in [-0.1, -0.05) is 13.0 Å². The third-order valence-corrected chi connectivity index (χ3v) is 3.39. The number of hydrazine groups is 1. The van der Waals surface area contributed by atoms with Crippen LogP contribution in [0.4, 0.5) is 5.82 Å². The van der Waals surface area contributed by atoms with E-state index in [1.165, 1.54) is 10.9 Å². The molecule has 3 N–H and O–H groups in total. The van der Waals surface area contributed by atoms with Crippen LogP contribution in [0.5, 0.6) is 0 Å². The first-order valence-corrected chi connectivity index (χ1v) is 6.02. The van der Waals surface area contributed by atoms with Gasteiger partial charge in [-0.25, -0.2) is 10.8 Å². The van der Waals surface area contributed by atoms with Crippen molar-refractivity contribution in [1.29, 1.82) is 0 Å². The Labute approximate surface area is 103 Å². The summed E-state index contributed by atoms with van der Waals surface area (Å²) in [6.07, 6.45) is 0.911. The molecule has 0 saturated heterocycles. The van der Waals surface area contributed by atoms with Crippen molar-refractivity contribution in [3.63, 3.8) is 0 Å². The number of hydrogen-bond donors (Lipinski definition) is 2. The second-order valence-electron chi connectivity index (χ2n) is 3.75. The van der Waals surface area contributed by atoms with Crippen molar-refractivity contribution in [2.24, 2.45) is 5.84 Å². The Morgan fingerprint density at radius 1 is 1.44 bits per heavy atom.